The Kier molecular flexibility index (Phi) is 2.58. The van der Waals surface area contributed by atoms with E-state index in [-0.39, 0.29) is 0 Å². The molecule has 0 bridgehead atoms. The fourth-order valence-electron chi connectivity index (χ4n) is 0.310. The SMILES string of the molecule is Fn1p(F)n[p+](F)n(F)p1F. The van der Waals surface area contributed by atoms with Gasteiger partial charge in [-0.05, 0) is 0 Å². The van der Waals surface area contributed by atoms with Gasteiger partial charge in [0.15, 0.2) is 0 Å². The largest absolute Gasteiger partial charge is 0.415 e. The lowest BCUT2D eigenvalue weighted by atomic mass is 13.7. The van der Waals surface area contributed by atoms with E-state index in [1.54, 1.807) is 0 Å². The third-order valence-corrected chi connectivity index (χ3v) is 4.73. The predicted molar refractivity (Wildman–Crippen MR) is 32.9 cm³/mol. The number of nitrogens with zero attached hydrogens (tertiary/aromatic N) is 3. The number of hydrogen-bond donors (Lipinski definition) is 0. The van der Waals surface area contributed by atoms with Gasteiger partial charge in [-0.15, -0.1) is 0 Å². The van der Waals surface area contributed by atoms with E-state index >= 15 is 0 Å². The summed E-state index contributed by atoms with van der Waals surface area (Å²) in [4.78, 5) is 0. The maximum absolute atomic E-state index is 12.1. The van der Waals surface area contributed by atoms with Gasteiger partial charge in [0.05, 0.1) is 0 Å². The molecule has 0 saturated carbocycles. The van der Waals surface area contributed by atoms with E-state index in [0.717, 1.165) is 0 Å². The van der Waals surface area contributed by atoms with Crippen molar-refractivity contribution >= 4 is 24.5 Å². The Balaban J connectivity index is 3.46. The Hall–Kier alpha value is -0.0500. The molecule has 0 N–H and O–H groups in total. The summed E-state index contributed by atoms with van der Waals surface area (Å²) in [5.41, 5.74) is 0. The van der Waals surface area contributed by atoms with Gasteiger partial charge in [-0.25, -0.2) is 0 Å². The van der Waals surface area contributed by atoms with Crippen LogP contribution in [0.1, 0.15) is 0 Å². The van der Waals surface area contributed by atoms with Gasteiger partial charge in [0.2, 0.25) is 0 Å². The average Bonchev–Trinajstić information content (AvgIpc) is 1.97. The monoisotopic (exact) mass is 230 g/mol. The molecule has 2 atom stereocenters. The van der Waals surface area contributed by atoms with Crippen LogP contribution in [0, 0.1) is 0 Å². The molecule has 11 heteroatoms. The number of rotatable bonds is 0. The predicted octanol–water partition coefficient (Wildman–Crippen LogP) is 3.71. The molecule has 64 valence electrons. The normalized spacial score (nSPS) is 15.2. The second-order valence-corrected chi connectivity index (χ2v) is 5.49. The van der Waals surface area contributed by atoms with E-state index < -0.39 is 33.1 Å². The molecule has 0 aliphatic heterocycles. The molecule has 0 spiro atoms. The van der Waals surface area contributed by atoms with E-state index in [9.17, 15) is 21.6 Å². The Morgan fingerprint density at radius 3 is 2.36 bits per heavy atom. The van der Waals surface area contributed by atoms with E-state index in [1.165, 1.54) is 0 Å². The summed E-state index contributed by atoms with van der Waals surface area (Å²) >= 11 is 0. The first kappa shape index (κ1) is 9.04. The van der Waals surface area contributed by atoms with Crippen molar-refractivity contribution in [2.75, 3.05) is 0 Å². The molecule has 1 aromatic heterocycles. The second-order valence-electron chi connectivity index (χ2n) is 1.29. The third-order valence-electron chi connectivity index (χ3n) is 0.692. The molecule has 2 unspecified atom stereocenters. The van der Waals surface area contributed by atoms with Gasteiger partial charge in [0.25, 0.3) is 0 Å². The van der Waals surface area contributed by atoms with Gasteiger partial charge in [0.1, 0.15) is 0 Å². The van der Waals surface area contributed by atoms with E-state index in [2.05, 4.69) is 4.51 Å². The van der Waals surface area contributed by atoms with Crippen molar-refractivity contribution in [2.45, 2.75) is 0 Å². The summed E-state index contributed by atoms with van der Waals surface area (Å²) in [5, 5.41) is 0. The smallest absolute Gasteiger partial charge is 0.0704 e. The van der Waals surface area contributed by atoms with E-state index in [4.69, 9.17) is 0 Å². The summed E-state index contributed by atoms with van der Waals surface area (Å²) in [7, 11) is -10.3. The zero-order valence-electron chi connectivity index (χ0n) is 4.57. The standard InChI is InChI=1S/F5N3P3/c1-7-9(3)6-10(4)8(2)11(7)5/q+1. The number of halogens is 5. The van der Waals surface area contributed by atoms with Crippen molar-refractivity contribution in [3.05, 3.63) is 0 Å². The Morgan fingerprint density at radius 2 is 1.82 bits per heavy atom. The van der Waals surface area contributed by atoms with Crippen molar-refractivity contribution in [2.24, 2.45) is 0 Å². The quantitative estimate of drug-likeness (QED) is 0.622. The summed E-state index contributed by atoms with van der Waals surface area (Å²) in [6, 6.07) is 0. The lowest BCUT2D eigenvalue weighted by Gasteiger charge is -1.89. The highest BCUT2D eigenvalue weighted by Crippen LogP contribution is 2.46. The highest BCUT2D eigenvalue weighted by atomic mass is 31.2. The van der Waals surface area contributed by atoms with Gasteiger partial charge in [-0.3, -0.25) is 0 Å². The van der Waals surface area contributed by atoms with Crippen LogP contribution in [0.15, 0.2) is 0 Å². The van der Waals surface area contributed by atoms with Crippen LogP contribution < -0.4 is 0 Å². The van der Waals surface area contributed by atoms with Crippen molar-refractivity contribution in [3.8, 4) is 0 Å². The number of hydrogen-bond acceptors (Lipinski definition) is 1. The van der Waals surface area contributed by atoms with Crippen molar-refractivity contribution in [1.29, 1.82) is 0 Å². The maximum atomic E-state index is 12.1. The first-order chi connectivity index (χ1) is 5.04. The summed E-state index contributed by atoms with van der Waals surface area (Å²) < 4.78 is 60.5. The minimum absolute atomic E-state index is 1.04. The van der Waals surface area contributed by atoms with Crippen LogP contribution >= 0.6 is 24.5 Å². The number of aromatic nitrogens is 3. The van der Waals surface area contributed by atoms with Crippen molar-refractivity contribution in [3.63, 3.8) is 0 Å². The molecule has 1 heterocycles. The fraction of sp³-hybridized carbons (Fsp3) is 0. The van der Waals surface area contributed by atoms with Gasteiger partial charge < -0.3 is 0 Å². The molecular formula is F5N3P3+. The van der Waals surface area contributed by atoms with Crippen molar-refractivity contribution < 1.29 is 21.6 Å². The molecule has 1 rings (SSSR count). The lowest BCUT2D eigenvalue weighted by Crippen LogP contribution is -1.84. The topological polar surface area (TPSA) is 22.8 Å². The molecular weight excluding hydrogens is 230 g/mol. The Morgan fingerprint density at radius 1 is 1.27 bits per heavy atom. The van der Waals surface area contributed by atoms with E-state index in [1.807, 2.05) is 0 Å². The fourth-order valence-corrected chi connectivity index (χ4v) is 3.68. The highest BCUT2D eigenvalue weighted by molar-refractivity contribution is 7.58. The first-order valence-corrected chi connectivity index (χ1v) is 5.46. The average molecular weight is 230 g/mol. The molecule has 0 saturated heterocycles. The first-order valence-electron chi connectivity index (χ1n) is 2.05. The van der Waals surface area contributed by atoms with Crippen LogP contribution in [-0.2, 0) is 0 Å². The Labute approximate surface area is 60.2 Å². The molecule has 0 fully saturated rings. The Bertz CT molecular complexity index is 273. The maximum Gasteiger partial charge on any atom is 0.415 e. The molecule has 0 radical (unpaired) electrons. The zero-order valence-corrected chi connectivity index (χ0v) is 7.26. The summed E-state index contributed by atoms with van der Waals surface area (Å²) in [6.07, 6.45) is 0. The highest BCUT2D eigenvalue weighted by Gasteiger charge is 2.25. The minimum atomic E-state index is -3.65. The van der Waals surface area contributed by atoms with Crippen LogP contribution in [0.3, 0.4) is 0 Å². The molecule has 11 heavy (non-hydrogen) atoms. The van der Waals surface area contributed by atoms with Gasteiger partial charge in [-0.1, -0.05) is 21.6 Å². The van der Waals surface area contributed by atoms with Crippen LogP contribution in [0.25, 0.3) is 0 Å². The van der Waals surface area contributed by atoms with E-state index in [0.29, 0.717) is 0 Å². The molecule has 1 aromatic rings. The molecule has 0 aliphatic rings. The zero-order chi connectivity index (χ0) is 8.59. The lowest BCUT2D eigenvalue weighted by molar-refractivity contribution is 0.393. The van der Waals surface area contributed by atoms with Crippen LogP contribution in [0.2, 0.25) is 0 Å². The second kappa shape index (κ2) is 3.13. The summed E-state index contributed by atoms with van der Waals surface area (Å²) in [5.74, 6) is 0. The van der Waals surface area contributed by atoms with Crippen LogP contribution in [-0.4, -0.2) is 13.1 Å². The third kappa shape index (κ3) is 1.58. The molecule has 0 aliphatic carbocycles. The molecule has 3 nitrogen and oxygen atoms in total. The minimum Gasteiger partial charge on any atom is -0.0704 e. The van der Waals surface area contributed by atoms with Crippen LogP contribution in [0.5, 0.6) is 0 Å². The molecule has 0 amide bonds. The van der Waals surface area contributed by atoms with Gasteiger partial charge >= 0.3 is 24.5 Å². The van der Waals surface area contributed by atoms with Gasteiger partial charge in [-0.2, -0.15) is 0 Å². The van der Waals surface area contributed by atoms with Crippen LogP contribution in [0.4, 0.5) is 21.6 Å². The molecule has 0 aromatic carbocycles. The van der Waals surface area contributed by atoms with Gasteiger partial charge in [0, 0.05) is 13.1 Å². The summed E-state index contributed by atoms with van der Waals surface area (Å²) in [6.45, 7) is 0. The van der Waals surface area contributed by atoms with Crippen molar-refractivity contribution in [1.82, 2.24) is 13.1 Å².